The molecule has 0 bridgehead atoms. The van der Waals surface area contributed by atoms with Crippen molar-refractivity contribution < 1.29 is 4.39 Å². The SMILES string of the molecule is Fc1cncc(C2=C[C@@H]3NC[C@@H]3CC2)c1. The molecule has 2 atom stereocenters. The van der Waals surface area contributed by atoms with Gasteiger partial charge in [0.05, 0.1) is 6.20 Å². The van der Waals surface area contributed by atoms with Gasteiger partial charge < -0.3 is 5.32 Å². The van der Waals surface area contributed by atoms with Crippen LogP contribution in [0.15, 0.2) is 24.5 Å². The van der Waals surface area contributed by atoms with Gasteiger partial charge in [-0.25, -0.2) is 4.39 Å². The highest BCUT2D eigenvalue weighted by Gasteiger charge is 2.31. The molecule has 1 fully saturated rings. The van der Waals surface area contributed by atoms with Crippen LogP contribution in [0.3, 0.4) is 0 Å². The van der Waals surface area contributed by atoms with Crippen molar-refractivity contribution in [1.29, 1.82) is 0 Å². The number of nitrogens with one attached hydrogen (secondary N) is 1. The summed E-state index contributed by atoms with van der Waals surface area (Å²) >= 11 is 0. The van der Waals surface area contributed by atoms with Crippen molar-refractivity contribution in [3.63, 3.8) is 0 Å². The average molecular weight is 204 g/mol. The Labute approximate surface area is 88.2 Å². The number of allylic oxidation sites excluding steroid dienone is 1. The molecule has 2 heterocycles. The lowest BCUT2D eigenvalue weighted by molar-refractivity contribution is 0.256. The molecule has 0 spiro atoms. The molecule has 2 aliphatic rings. The van der Waals surface area contributed by atoms with E-state index in [1.165, 1.54) is 18.2 Å². The maximum atomic E-state index is 13.0. The molecule has 1 saturated heterocycles. The molecule has 3 rings (SSSR count). The average Bonchev–Trinajstić information content (AvgIpc) is 2.20. The molecular formula is C12H13FN2. The number of rotatable bonds is 1. The summed E-state index contributed by atoms with van der Waals surface area (Å²) in [6, 6.07) is 2.08. The number of aromatic nitrogens is 1. The number of halogens is 1. The fourth-order valence-corrected chi connectivity index (χ4v) is 2.37. The maximum absolute atomic E-state index is 13.0. The van der Waals surface area contributed by atoms with Crippen molar-refractivity contribution in [3.8, 4) is 0 Å². The van der Waals surface area contributed by atoms with E-state index < -0.39 is 0 Å². The van der Waals surface area contributed by atoms with E-state index in [0.717, 1.165) is 24.4 Å². The van der Waals surface area contributed by atoms with Crippen LogP contribution in [-0.4, -0.2) is 17.6 Å². The second kappa shape index (κ2) is 3.42. The largest absolute Gasteiger partial charge is 0.310 e. The number of nitrogens with zero attached hydrogens (tertiary/aromatic N) is 1. The summed E-state index contributed by atoms with van der Waals surface area (Å²) in [6.45, 7) is 1.13. The van der Waals surface area contributed by atoms with Crippen LogP contribution in [0.5, 0.6) is 0 Å². The van der Waals surface area contributed by atoms with E-state index in [-0.39, 0.29) is 5.82 Å². The third kappa shape index (κ3) is 1.57. The minimum atomic E-state index is -0.253. The quantitative estimate of drug-likeness (QED) is 0.756. The van der Waals surface area contributed by atoms with Crippen LogP contribution in [0.2, 0.25) is 0 Å². The van der Waals surface area contributed by atoms with E-state index in [1.54, 1.807) is 12.3 Å². The van der Waals surface area contributed by atoms with Crippen LogP contribution < -0.4 is 5.32 Å². The number of pyridine rings is 1. The smallest absolute Gasteiger partial charge is 0.142 e. The Bertz CT molecular complexity index is 414. The Kier molecular flexibility index (Phi) is 2.06. The Hall–Kier alpha value is -1.22. The molecule has 0 unspecified atom stereocenters. The van der Waals surface area contributed by atoms with Crippen molar-refractivity contribution in [2.45, 2.75) is 18.9 Å². The molecule has 3 heteroatoms. The topological polar surface area (TPSA) is 24.9 Å². The Morgan fingerprint density at radius 3 is 3.00 bits per heavy atom. The number of hydrogen-bond acceptors (Lipinski definition) is 2. The monoisotopic (exact) mass is 204 g/mol. The van der Waals surface area contributed by atoms with Gasteiger partial charge in [0.1, 0.15) is 5.82 Å². The standard InChI is InChI=1S/C12H13FN2/c13-11-3-10(5-14-7-11)8-1-2-9-6-15-12(9)4-8/h3-5,7,9,12,15H,1-2,6H2/t9-,12-/m0/s1. The van der Waals surface area contributed by atoms with E-state index in [4.69, 9.17) is 0 Å². The van der Waals surface area contributed by atoms with Gasteiger partial charge in [-0.05, 0) is 36.0 Å². The van der Waals surface area contributed by atoms with Crippen molar-refractivity contribution in [2.75, 3.05) is 6.54 Å². The van der Waals surface area contributed by atoms with E-state index >= 15 is 0 Å². The van der Waals surface area contributed by atoms with Crippen molar-refractivity contribution in [3.05, 3.63) is 35.9 Å². The van der Waals surface area contributed by atoms with Gasteiger partial charge in [0.15, 0.2) is 0 Å². The normalized spacial score (nSPS) is 29.0. The van der Waals surface area contributed by atoms with Gasteiger partial charge in [0, 0.05) is 18.8 Å². The molecule has 1 aromatic heterocycles. The molecule has 1 aliphatic carbocycles. The van der Waals surface area contributed by atoms with E-state index in [9.17, 15) is 4.39 Å². The lowest BCUT2D eigenvalue weighted by atomic mass is 9.79. The summed E-state index contributed by atoms with van der Waals surface area (Å²) in [5.41, 5.74) is 2.16. The molecule has 1 aromatic rings. The summed E-state index contributed by atoms with van der Waals surface area (Å²) in [5, 5.41) is 3.37. The zero-order valence-electron chi connectivity index (χ0n) is 8.41. The van der Waals surface area contributed by atoms with Crippen molar-refractivity contribution in [1.82, 2.24) is 10.3 Å². The Morgan fingerprint density at radius 1 is 1.40 bits per heavy atom. The van der Waals surface area contributed by atoms with Crippen LogP contribution in [0.4, 0.5) is 4.39 Å². The lowest BCUT2D eigenvalue weighted by Gasteiger charge is -2.40. The summed E-state index contributed by atoms with van der Waals surface area (Å²) in [4.78, 5) is 3.89. The zero-order chi connectivity index (χ0) is 10.3. The molecule has 0 aromatic carbocycles. The zero-order valence-corrected chi connectivity index (χ0v) is 8.41. The van der Waals surface area contributed by atoms with Crippen LogP contribution in [-0.2, 0) is 0 Å². The molecule has 0 radical (unpaired) electrons. The van der Waals surface area contributed by atoms with Crippen molar-refractivity contribution >= 4 is 5.57 Å². The van der Waals surface area contributed by atoms with Gasteiger partial charge in [-0.15, -0.1) is 0 Å². The first-order chi connectivity index (χ1) is 7.33. The number of hydrogen-bond donors (Lipinski definition) is 1. The minimum Gasteiger partial charge on any atom is -0.310 e. The van der Waals surface area contributed by atoms with Crippen LogP contribution in [0.1, 0.15) is 18.4 Å². The summed E-state index contributed by atoms with van der Waals surface area (Å²) < 4.78 is 13.0. The molecule has 15 heavy (non-hydrogen) atoms. The minimum absolute atomic E-state index is 0.253. The first kappa shape index (κ1) is 9.04. The van der Waals surface area contributed by atoms with Gasteiger partial charge >= 0.3 is 0 Å². The van der Waals surface area contributed by atoms with Gasteiger partial charge in [0.25, 0.3) is 0 Å². The number of fused-ring (bicyclic) bond motifs is 1. The second-order valence-corrected chi connectivity index (χ2v) is 4.32. The summed E-state index contributed by atoms with van der Waals surface area (Å²) in [7, 11) is 0. The fraction of sp³-hybridized carbons (Fsp3) is 0.417. The summed E-state index contributed by atoms with van der Waals surface area (Å²) in [5.74, 6) is 0.548. The molecule has 2 nitrogen and oxygen atoms in total. The van der Waals surface area contributed by atoms with Gasteiger partial charge in [-0.2, -0.15) is 0 Å². The van der Waals surface area contributed by atoms with Crippen LogP contribution >= 0.6 is 0 Å². The molecular weight excluding hydrogens is 191 g/mol. The molecule has 1 aliphatic heterocycles. The third-order valence-electron chi connectivity index (χ3n) is 3.36. The maximum Gasteiger partial charge on any atom is 0.142 e. The third-order valence-corrected chi connectivity index (χ3v) is 3.36. The Morgan fingerprint density at radius 2 is 2.33 bits per heavy atom. The van der Waals surface area contributed by atoms with Gasteiger partial charge in [-0.3, -0.25) is 4.98 Å². The lowest BCUT2D eigenvalue weighted by Crippen LogP contribution is -2.52. The predicted molar refractivity (Wildman–Crippen MR) is 56.7 cm³/mol. The van der Waals surface area contributed by atoms with E-state index in [1.807, 2.05) is 0 Å². The Balaban J connectivity index is 1.91. The fourth-order valence-electron chi connectivity index (χ4n) is 2.37. The van der Waals surface area contributed by atoms with E-state index in [0.29, 0.717) is 6.04 Å². The highest BCUT2D eigenvalue weighted by atomic mass is 19.1. The first-order valence-corrected chi connectivity index (χ1v) is 5.38. The van der Waals surface area contributed by atoms with Crippen LogP contribution in [0, 0.1) is 11.7 Å². The van der Waals surface area contributed by atoms with Crippen molar-refractivity contribution in [2.24, 2.45) is 5.92 Å². The van der Waals surface area contributed by atoms with Gasteiger partial charge in [0.2, 0.25) is 0 Å². The molecule has 0 saturated carbocycles. The molecule has 78 valence electrons. The van der Waals surface area contributed by atoms with E-state index in [2.05, 4.69) is 16.4 Å². The van der Waals surface area contributed by atoms with Gasteiger partial charge in [-0.1, -0.05) is 6.08 Å². The predicted octanol–water partition coefficient (Wildman–Crippen LogP) is 1.99. The van der Waals surface area contributed by atoms with Crippen LogP contribution in [0.25, 0.3) is 5.57 Å². The summed E-state index contributed by atoms with van der Waals surface area (Å²) in [6.07, 6.45) is 7.48. The molecule has 0 amide bonds. The first-order valence-electron chi connectivity index (χ1n) is 5.38. The highest BCUT2D eigenvalue weighted by Crippen LogP contribution is 2.33. The highest BCUT2D eigenvalue weighted by molar-refractivity contribution is 5.66. The molecule has 1 N–H and O–H groups in total. The second-order valence-electron chi connectivity index (χ2n) is 4.32.